The molecule has 1 aromatic rings. The van der Waals surface area contributed by atoms with Crippen LogP contribution in [0.5, 0.6) is 0 Å². The molecule has 1 aliphatic carbocycles. The minimum atomic E-state index is -2.45. The van der Waals surface area contributed by atoms with Crippen molar-refractivity contribution in [2.45, 2.75) is 56.9 Å². The lowest BCUT2D eigenvalue weighted by molar-refractivity contribution is -0.0381. The Morgan fingerprint density at radius 3 is 2.63 bits per heavy atom. The molecule has 3 rings (SSSR count). The quantitative estimate of drug-likeness (QED) is 0.769. The van der Waals surface area contributed by atoms with E-state index in [2.05, 4.69) is 29.8 Å². The summed E-state index contributed by atoms with van der Waals surface area (Å²) < 4.78 is 26.6. The lowest BCUT2D eigenvalue weighted by Crippen LogP contribution is -2.42. The van der Waals surface area contributed by atoms with Crippen molar-refractivity contribution >= 4 is 5.69 Å². The molecule has 2 aliphatic rings. The number of hydrogen-bond acceptors (Lipinski definition) is 2. The van der Waals surface area contributed by atoms with Crippen molar-refractivity contribution in [3.8, 4) is 0 Å². The van der Waals surface area contributed by atoms with Gasteiger partial charge < -0.3 is 4.90 Å². The van der Waals surface area contributed by atoms with Gasteiger partial charge in [-0.05, 0) is 25.0 Å². The number of rotatable bonds is 1. The number of hydrogen-bond donors (Lipinski definition) is 0. The molecular formula is C15H20F2N2. The van der Waals surface area contributed by atoms with Crippen LogP contribution >= 0.6 is 0 Å². The molecule has 4 heteroatoms. The molecule has 19 heavy (non-hydrogen) atoms. The highest BCUT2D eigenvalue weighted by atomic mass is 19.3. The van der Waals surface area contributed by atoms with Gasteiger partial charge >= 0.3 is 0 Å². The first kappa shape index (κ1) is 12.8. The van der Waals surface area contributed by atoms with Crippen molar-refractivity contribution in [1.82, 2.24) is 4.98 Å². The minimum absolute atomic E-state index is 0.0105. The van der Waals surface area contributed by atoms with Crippen LogP contribution in [0.25, 0.3) is 0 Å². The van der Waals surface area contributed by atoms with E-state index in [1.807, 2.05) is 12.3 Å². The second-order valence-corrected chi connectivity index (χ2v) is 6.47. The highest BCUT2D eigenvalue weighted by Gasteiger charge is 2.43. The van der Waals surface area contributed by atoms with Crippen molar-refractivity contribution < 1.29 is 8.78 Å². The van der Waals surface area contributed by atoms with Crippen molar-refractivity contribution in [1.29, 1.82) is 0 Å². The van der Waals surface area contributed by atoms with Crippen LogP contribution in [0.1, 0.15) is 45.2 Å². The van der Waals surface area contributed by atoms with Crippen LogP contribution in [0.15, 0.2) is 18.3 Å². The smallest absolute Gasteiger partial charge is 0.248 e. The highest BCUT2D eigenvalue weighted by Crippen LogP contribution is 2.43. The number of nitrogens with zero attached hydrogens (tertiary/aromatic N) is 2. The summed E-state index contributed by atoms with van der Waals surface area (Å²) >= 11 is 0. The zero-order valence-electron chi connectivity index (χ0n) is 11.5. The van der Waals surface area contributed by atoms with Gasteiger partial charge in [-0.3, -0.25) is 4.98 Å². The average Bonchev–Trinajstić information content (AvgIpc) is 2.63. The third-order valence-corrected chi connectivity index (χ3v) is 4.43. The number of halogens is 2. The molecule has 0 aromatic carbocycles. The molecule has 0 atom stereocenters. The van der Waals surface area contributed by atoms with Crippen LogP contribution in [0.2, 0.25) is 0 Å². The van der Waals surface area contributed by atoms with Crippen LogP contribution in [0.3, 0.4) is 0 Å². The van der Waals surface area contributed by atoms with Crippen LogP contribution in [-0.2, 0) is 5.41 Å². The highest BCUT2D eigenvalue weighted by molar-refractivity contribution is 5.59. The van der Waals surface area contributed by atoms with Gasteiger partial charge in [0.05, 0.1) is 11.4 Å². The Hall–Kier alpha value is -1.19. The van der Waals surface area contributed by atoms with E-state index in [0.717, 1.165) is 17.9 Å². The van der Waals surface area contributed by atoms with Gasteiger partial charge in [-0.2, -0.15) is 0 Å². The monoisotopic (exact) mass is 266 g/mol. The third-order valence-electron chi connectivity index (χ3n) is 4.43. The molecule has 104 valence electrons. The van der Waals surface area contributed by atoms with Crippen molar-refractivity contribution in [2.75, 3.05) is 11.4 Å². The summed E-state index contributed by atoms with van der Waals surface area (Å²) in [4.78, 5) is 6.80. The summed E-state index contributed by atoms with van der Waals surface area (Å²) in [6, 6.07) is 4.25. The Kier molecular flexibility index (Phi) is 2.80. The van der Waals surface area contributed by atoms with E-state index in [1.54, 1.807) is 0 Å². The van der Waals surface area contributed by atoms with Crippen LogP contribution < -0.4 is 4.90 Å². The number of fused-ring (bicyclic) bond motifs is 1. The first-order valence-electron chi connectivity index (χ1n) is 6.99. The van der Waals surface area contributed by atoms with Gasteiger partial charge in [0.2, 0.25) is 5.92 Å². The van der Waals surface area contributed by atoms with Gasteiger partial charge in [-0.1, -0.05) is 13.8 Å². The van der Waals surface area contributed by atoms with E-state index in [4.69, 9.17) is 0 Å². The predicted molar refractivity (Wildman–Crippen MR) is 71.8 cm³/mol. The summed E-state index contributed by atoms with van der Waals surface area (Å²) in [5.74, 6) is -2.45. The molecular weight excluding hydrogens is 246 g/mol. The summed E-state index contributed by atoms with van der Waals surface area (Å²) in [5.41, 5.74) is 2.26. The molecule has 0 spiro atoms. The molecule has 1 aliphatic heterocycles. The van der Waals surface area contributed by atoms with E-state index in [1.165, 1.54) is 0 Å². The first-order valence-corrected chi connectivity index (χ1v) is 6.99. The largest absolute Gasteiger partial charge is 0.366 e. The van der Waals surface area contributed by atoms with Crippen molar-refractivity contribution in [2.24, 2.45) is 0 Å². The maximum atomic E-state index is 13.3. The normalized spacial score (nSPS) is 25.4. The SMILES string of the molecule is CC1(C)CN(C2CCC(F)(F)CC2)c2cccnc21. The lowest BCUT2D eigenvalue weighted by Gasteiger charge is -2.36. The Labute approximate surface area is 112 Å². The molecule has 2 heterocycles. The zero-order valence-corrected chi connectivity index (χ0v) is 11.5. The fourth-order valence-corrected chi connectivity index (χ4v) is 3.40. The van der Waals surface area contributed by atoms with E-state index >= 15 is 0 Å². The topological polar surface area (TPSA) is 16.1 Å². The van der Waals surface area contributed by atoms with Gasteiger partial charge in [0.15, 0.2) is 0 Å². The summed E-state index contributed by atoms with van der Waals surface area (Å²) in [6.45, 7) is 5.24. The fraction of sp³-hybridized carbons (Fsp3) is 0.667. The Morgan fingerprint density at radius 1 is 1.26 bits per heavy atom. The summed E-state index contributed by atoms with van der Waals surface area (Å²) in [5, 5.41) is 0. The van der Waals surface area contributed by atoms with Gasteiger partial charge in [0.1, 0.15) is 0 Å². The van der Waals surface area contributed by atoms with E-state index in [0.29, 0.717) is 12.8 Å². The molecule has 1 saturated carbocycles. The first-order chi connectivity index (χ1) is 8.89. The molecule has 2 nitrogen and oxygen atoms in total. The van der Waals surface area contributed by atoms with Gasteiger partial charge in [0.25, 0.3) is 0 Å². The second-order valence-electron chi connectivity index (χ2n) is 6.47. The molecule has 0 amide bonds. The van der Waals surface area contributed by atoms with Crippen LogP contribution in [-0.4, -0.2) is 23.5 Å². The maximum absolute atomic E-state index is 13.3. The molecule has 1 aromatic heterocycles. The average molecular weight is 266 g/mol. The minimum Gasteiger partial charge on any atom is -0.366 e. The van der Waals surface area contributed by atoms with E-state index < -0.39 is 5.92 Å². The standard InChI is InChI=1S/C15H20F2N2/c1-14(2)10-19(12-4-3-9-18-13(12)14)11-5-7-15(16,17)8-6-11/h3-4,9,11H,5-8,10H2,1-2H3. The zero-order chi connectivity index (χ0) is 13.7. The predicted octanol–water partition coefficient (Wildman–Crippen LogP) is 3.76. The fourth-order valence-electron chi connectivity index (χ4n) is 3.40. The van der Waals surface area contributed by atoms with E-state index in [-0.39, 0.29) is 24.3 Å². The summed E-state index contributed by atoms with van der Waals surface area (Å²) in [7, 11) is 0. The Bertz CT molecular complexity index is 475. The van der Waals surface area contributed by atoms with Crippen LogP contribution in [0.4, 0.5) is 14.5 Å². The number of anilines is 1. The Balaban J connectivity index is 1.84. The van der Waals surface area contributed by atoms with Gasteiger partial charge in [-0.15, -0.1) is 0 Å². The van der Waals surface area contributed by atoms with Gasteiger partial charge in [0, 0.05) is 37.0 Å². The molecule has 0 bridgehead atoms. The Morgan fingerprint density at radius 2 is 1.95 bits per heavy atom. The second kappa shape index (κ2) is 4.15. The summed E-state index contributed by atoms with van der Waals surface area (Å²) in [6.07, 6.45) is 3.02. The molecule has 0 unspecified atom stereocenters. The molecule has 0 saturated heterocycles. The van der Waals surface area contributed by atoms with Gasteiger partial charge in [-0.25, -0.2) is 8.78 Å². The van der Waals surface area contributed by atoms with E-state index in [9.17, 15) is 8.78 Å². The number of aromatic nitrogens is 1. The lowest BCUT2D eigenvalue weighted by atomic mass is 9.90. The van der Waals surface area contributed by atoms with Crippen molar-refractivity contribution in [3.63, 3.8) is 0 Å². The third kappa shape index (κ3) is 2.21. The number of pyridine rings is 1. The number of alkyl halides is 2. The molecule has 1 fully saturated rings. The van der Waals surface area contributed by atoms with Crippen molar-refractivity contribution in [3.05, 3.63) is 24.0 Å². The maximum Gasteiger partial charge on any atom is 0.248 e. The van der Waals surface area contributed by atoms with Crippen LogP contribution in [0, 0.1) is 0 Å². The molecule has 0 radical (unpaired) electrons. The molecule has 0 N–H and O–H groups in total.